The van der Waals surface area contributed by atoms with Gasteiger partial charge in [0.05, 0.1) is 6.61 Å². The van der Waals surface area contributed by atoms with Crippen LogP contribution in [-0.4, -0.2) is 92.9 Å². The van der Waals surface area contributed by atoms with Crippen LogP contribution in [0.5, 0.6) is 0 Å². The number of carbonyl (C=O) groups excluding carboxylic acids is 2. The van der Waals surface area contributed by atoms with E-state index in [1.54, 1.807) is 6.92 Å². The number of likely N-dealkylation sites (N-methyl/N-ethyl adjacent to an activating group) is 1. The van der Waals surface area contributed by atoms with Crippen LogP contribution in [0.1, 0.15) is 78.1 Å². The van der Waals surface area contributed by atoms with E-state index in [4.69, 9.17) is 5.11 Å². The minimum absolute atomic E-state index is 0.209. The summed E-state index contributed by atoms with van der Waals surface area (Å²) in [5, 5.41) is 50.2. The summed E-state index contributed by atoms with van der Waals surface area (Å²) in [6.45, 7) is 2.65. The molecule has 0 fully saturated rings. The summed E-state index contributed by atoms with van der Waals surface area (Å²) in [7, 11) is 1.40. The standard InChI is InChI=1S/C22H44N2O7/c1-4-5-6-7-8-9-10-11-12-13-19(28)23-16(2)22(31)24(3)14-17(26)20(29)21(30)18(27)15-25/h16-18,20-21,25-27,29-30H,4-15H2,1-3H3,(H,23,28)/t16-,17-,18+,20+,21+/m0/s1. The van der Waals surface area contributed by atoms with Crippen molar-refractivity contribution in [1.82, 2.24) is 10.2 Å². The Morgan fingerprint density at radius 3 is 1.84 bits per heavy atom. The molecule has 9 heteroatoms. The van der Waals surface area contributed by atoms with Crippen molar-refractivity contribution in [2.45, 2.75) is 109 Å². The molecule has 0 unspecified atom stereocenters. The lowest BCUT2D eigenvalue weighted by Gasteiger charge is -2.29. The Labute approximate surface area is 186 Å². The zero-order valence-electron chi connectivity index (χ0n) is 19.4. The van der Waals surface area contributed by atoms with Crippen molar-refractivity contribution >= 4 is 11.8 Å². The van der Waals surface area contributed by atoms with E-state index in [2.05, 4.69) is 12.2 Å². The van der Waals surface area contributed by atoms with Gasteiger partial charge in [-0.2, -0.15) is 0 Å². The Balaban J connectivity index is 4.13. The first-order chi connectivity index (χ1) is 14.6. The number of aliphatic hydroxyl groups excluding tert-OH is 5. The molecule has 9 nitrogen and oxygen atoms in total. The van der Waals surface area contributed by atoms with Crippen molar-refractivity contribution in [3.05, 3.63) is 0 Å². The molecule has 0 saturated carbocycles. The molecule has 0 aromatic carbocycles. The first-order valence-electron chi connectivity index (χ1n) is 11.5. The molecule has 0 aliphatic carbocycles. The Hall–Kier alpha value is -1.26. The van der Waals surface area contributed by atoms with Crippen LogP contribution in [-0.2, 0) is 9.59 Å². The van der Waals surface area contributed by atoms with Crippen LogP contribution in [0.2, 0.25) is 0 Å². The number of carbonyl (C=O) groups is 2. The van der Waals surface area contributed by atoms with Crippen molar-refractivity contribution in [1.29, 1.82) is 0 Å². The van der Waals surface area contributed by atoms with Crippen molar-refractivity contribution in [2.75, 3.05) is 20.2 Å². The minimum Gasteiger partial charge on any atom is -0.394 e. The number of rotatable bonds is 18. The van der Waals surface area contributed by atoms with Gasteiger partial charge < -0.3 is 35.7 Å². The first kappa shape index (κ1) is 29.7. The summed E-state index contributed by atoms with van der Waals surface area (Å²) in [6, 6.07) is -0.798. The Morgan fingerprint density at radius 2 is 1.32 bits per heavy atom. The molecular weight excluding hydrogens is 404 g/mol. The maximum atomic E-state index is 12.4. The second kappa shape index (κ2) is 17.3. The largest absolute Gasteiger partial charge is 0.394 e. The number of hydrogen-bond donors (Lipinski definition) is 6. The van der Waals surface area contributed by atoms with E-state index < -0.39 is 43.0 Å². The predicted molar refractivity (Wildman–Crippen MR) is 118 cm³/mol. The van der Waals surface area contributed by atoms with Gasteiger partial charge in [0.1, 0.15) is 30.5 Å². The third-order valence-electron chi connectivity index (χ3n) is 5.42. The van der Waals surface area contributed by atoms with Gasteiger partial charge >= 0.3 is 0 Å². The molecule has 6 N–H and O–H groups in total. The Morgan fingerprint density at radius 1 is 0.839 bits per heavy atom. The van der Waals surface area contributed by atoms with Gasteiger partial charge in [0.2, 0.25) is 11.8 Å². The maximum absolute atomic E-state index is 12.4. The second-order valence-electron chi connectivity index (χ2n) is 8.38. The van der Waals surface area contributed by atoms with Crippen LogP contribution in [0.4, 0.5) is 0 Å². The van der Waals surface area contributed by atoms with E-state index in [0.29, 0.717) is 6.42 Å². The van der Waals surface area contributed by atoms with Gasteiger partial charge in [-0.25, -0.2) is 0 Å². The zero-order chi connectivity index (χ0) is 23.8. The smallest absolute Gasteiger partial charge is 0.244 e. The third-order valence-corrected chi connectivity index (χ3v) is 5.42. The highest BCUT2D eigenvalue weighted by atomic mass is 16.4. The van der Waals surface area contributed by atoms with Crippen molar-refractivity contribution in [2.24, 2.45) is 0 Å². The van der Waals surface area contributed by atoms with Crippen LogP contribution in [0.15, 0.2) is 0 Å². The summed E-state index contributed by atoms with van der Waals surface area (Å²) in [4.78, 5) is 25.6. The second-order valence-corrected chi connectivity index (χ2v) is 8.38. The molecule has 0 radical (unpaired) electrons. The van der Waals surface area contributed by atoms with Gasteiger partial charge in [0, 0.05) is 20.0 Å². The maximum Gasteiger partial charge on any atom is 0.244 e. The van der Waals surface area contributed by atoms with Crippen LogP contribution in [0.25, 0.3) is 0 Å². The number of amides is 2. The number of unbranched alkanes of at least 4 members (excludes halogenated alkanes) is 8. The molecule has 0 bridgehead atoms. The highest BCUT2D eigenvalue weighted by Gasteiger charge is 2.32. The van der Waals surface area contributed by atoms with E-state index in [9.17, 15) is 30.0 Å². The SMILES string of the molecule is CCCCCCCCCCCC(=O)N[C@@H](C)C(=O)N(C)C[C@H](O)[C@@H](O)[C@H](O)[C@H](O)CO. The molecular formula is C22H44N2O7. The minimum atomic E-state index is -1.75. The van der Waals surface area contributed by atoms with Gasteiger partial charge in [0.15, 0.2) is 0 Å². The fourth-order valence-electron chi connectivity index (χ4n) is 3.34. The van der Waals surface area contributed by atoms with E-state index >= 15 is 0 Å². The Bertz CT molecular complexity index is 492. The molecule has 0 rings (SSSR count). The summed E-state index contributed by atoms with van der Waals surface area (Å²) in [5.74, 6) is -0.664. The molecule has 31 heavy (non-hydrogen) atoms. The molecule has 184 valence electrons. The van der Waals surface area contributed by atoms with Gasteiger partial charge in [-0.15, -0.1) is 0 Å². The molecule has 0 spiro atoms. The molecule has 0 aliphatic heterocycles. The van der Waals surface area contributed by atoms with E-state index in [0.717, 1.165) is 24.2 Å². The fourth-order valence-corrected chi connectivity index (χ4v) is 3.34. The van der Waals surface area contributed by atoms with Gasteiger partial charge in [0.25, 0.3) is 0 Å². The normalized spacial score (nSPS) is 16.3. The van der Waals surface area contributed by atoms with Crippen molar-refractivity contribution in [3.63, 3.8) is 0 Å². The first-order valence-corrected chi connectivity index (χ1v) is 11.5. The molecule has 0 aromatic heterocycles. The van der Waals surface area contributed by atoms with Gasteiger partial charge in [-0.05, 0) is 13.3 Å². The van der Waals surface area contributed by atoms with Crippen molar-refractivity contribution < 1.29 is 35.1 Å². The van der Waals surface area contributed by atoms with E-state index in [-0.39, 0.29) is 12.5 Å². The molecule has 5 atom stereocenters. The monoisotopic (exact) mass is 448 g/mol. The lowest BCUT2D eigenvalue weighted by molar-refractivity contribution is -0.141. The highest BCUT2D eigenvalue weighted by molar-refractivity contribution is 5.87. The summed E-state index contributed by atoms with van der Waals surface area (Å²) >= 11 is 0. The van der Waals surface area contributed by atoms with Gasteiger partial charge in [-0.1, -0.05) is 58.3 Å². The van der Waals surface area contributed by atoms with E-state index in [1.807, 2.05) is 0 Å². The number of aliphatic hydroxyl groups is 5. The van der Waals surface area contributed by atoms with Crippen LogP contribution in [0, 0.1) is 0 Å². The van der Waals surface area contributed by atoms with Gasteiger partial charge in [-0.3, -0.25) is 9.59 Å². The summed E-state index contributed by atoms with van der Waals surface area (Å²) in [5.41, 5.74) is 0. The lowest BCUT2D eigenvalue weighted by atomic mass is 10.0. The molecule has 2 amide bonds. The number of nitrogens with zero attached hydrogens (tertiary/aromatic N) is 1. The predicted octanol–water partition coefficient (Wildman–Crippen LogP) is 0.306. The third kappa shape index (κ3) is 13.0. The average Bonchev–Trinajstić information content (AvgIpc) is 2.75. The molecule has 0 heterocycles. The molecule has 0 aliphatic rings. The van der Waals surface area contributed by atoms with Crippen LogP contribution < -0.4 is 5.32 Å². The topological polar surface area (TPSA) is 151 Å². The molecule has 0 saturated heterocycles. The summed E-state index contributed by atoms with van der Waals surface area (Å²) < 4.78 is 0. The lowest BCUT2D eigenvalue weighted by Crippen LogP contribution is -2.52. The number of hydrogen-bond acceptors (Lipinski definition) is 7. The Kier molecular flexibility index (Phi) is 16.6. The van der Waals surface area contributed by atoms with Crippen LogP contribution in [0.3, 0.4) is 0 Å². The zero-order valence-corrected chi connectivity index (χ0v) is 19.4. The van der Waals surface area contributed by atoms with E-state index in [1.165, 1.54) is 45.6 Å². The molecule has 0 aromatic rings. The quantitative estimate of drug-likeness (QED) is 0.165. The highest BCUT2D eigenvalue weighted by Crippen LogP contribution is 2.11. The summed E-state index contributed by atoms with van der Waals surface area (Å²) in [6.07, 6.45) is 4.09. The average molecular weight is 449 g/mol. The van der Waals surface area contributed by atoms with Crippen molar-refractivity contribution in [3.8, 4) is 0 Å². The number of nitrogens with one attached hydrogen (secondary N) is 1. The fraction of sp³-hybridized carbons (Fsp3) is 0.909. The van der Waals surface area contributed by atoms with Crippen LogP contribution >= 0.6 is 0 Å².